The Balaban J connectivity index is 1.96. The van der Waals surface area contributed by atoms with E-state index in [0.29, 0.717) is 35.8 Å². The summed E-state index contributed by atoms with van der Waals surface area (Å²) in [4.78, 5) is 24.7. The van der Waals surface area contributed by atoms with Gasteiger partial charge in [0.2, 0.25) is 17.4 Å². The molecule has 0 saturated heterocycles. The summed E-state index contributed by atoms with van der Waals surface area (Å²) in [5, 5.41) is 3.03. The van der Waals surface area contributed by atoms with Crippen molar-refractivity contribution in [1.29, 1.82) is 0 Å². The number of methoxy groups -OCH3 is 4. The molecule has 0 fully saturated rings. The predicted octanol–water partition coefficient (Wildman–Crippen LogP) is 2.28. The fourth-order valence-electron chi connectivity index (χ4n) is 4.94. The van der Waals surface area contributed by atoms with E-state index in [9.17, 15) is 9.59 Å². The van der Waals surface area contributed by atoms with Crippen LogP contribution in [0.2, 0.25) is 0 Å². The van der Waals surface area contributed by atoms with Crippen LogP contribution < -0.4 is 19.5 Å². The zero-order valence-electron chi connectivity index (χ0n) is 17.3. The number of nitrogens with one attached hydrogen (secondary N) is 1. The topological polar surface area (TPSA) is 83.1 Å². The zero-order chi connectivity index (χ0) is 20.9. The highest BCUT2D eigenvalue weighted by atomic mass is 16.5. The van der Waals surface area contributed by atoms with E-state index in [1.165, 1.54) is 14.0 Å². The molecule has 7 heteroatoms. The van der Waals surface area contributed by atoms with Gasteiger partial charge >= 0.3 is 0 Å². The highest BCUT2D eigenvalue weighted by molar-refractivity contribution is 6.08. The molecular weight excluding hydrogens is 374 g/mol. The van der Waals surface area contributed by atoms with Gasteiger partial charge in [-0.2, -0.15) is 0 Å². The Kier molecular flexibility index (Phi) is 4.76. The molecule has 0 aliphatic heterocycles. The quantitative estimate of drug-likeness (QED) is 0.818. The monoisotopic (exact) mass is 399 g/mol. The number of ketones is 1. The van der Waals surface area contributed by atoms with Crippen LogP contribution >= 0.6 is 0 Å². The summed E-state index contributed by atoms with van der Waals surface area (Å²) in [6.45, 7) is 1.50. The molecular formula is C22H25NO6. The van der Waals surface area contributed by atoms with E-state index in [0.717, 1.165) is 22.3 Å². The predicted molar refractivity (Wildman–Crippen MR) is 106 cm³/mol. The van der Waals surface area contributed by atoms with Crippen molar-refractivity contribution in [2.24, 2.45) is 11.8 Å². The smallest absolute Gasteiger partial charge is 0.217 e. The minimum atomic E-state index is -0.305. The van der Waals surface area contributed by atoms with Gasteiger partial charge in [-0.25, -0.2) is 0 Å². The van der Waals surface area contributed by atoms with Gasteiger partial charge in [0, 0.05) is 18.4 Å². The zero-order valence-corrected chi connectivity index (χ0v) is 17.3. The van der Waals surface area contributed by atoms with Crippen molar-refractivity contribution >= 4 is 17.3 Å². The molecule has 0 bridgehead atoms. The Bertz CT molecular complexity index is 961. The number of ether oxygens (including phenoxy) is 4. The molecule has 3 aliphatic rings. The molecule has 154 valence electrons. The highest BCUT2D eigenvalue weighted by Gasteiger charge is 2.54. The minimum Gasteiger partial charge on any atom is -0.493 e. The molecule has 29 heavy (non-hydrogen) atoms. The molecule has 0 aromatic heterocycles. The van der Waals surface area contributed by atoms with Crippen molar-refractivity contribution in [3.63, 3.8) is 0 Å². The highest BCUT2D eigenvalue weighted by Crippen LogP contribution is 2.59. The van der Waals surface area contributed by atoms with Gasteiger partial charge in [0.25, 0.3) is 0 Å². The molecule has 4 rings (SSSR count). The Hall–Kier alpha value is -2.96. The molecule has 2 unspecified atom stereocenters. The van der Waals surface area contributed by atoms with Crippen molar-refractivity contribution in [1.82, 2.24) is 5.32 Å². The van der Waals surface area contributed by atoms with Crippen molar-refractivity contribution in [3.05, 3.63) is 34.6 Å². The van der Waals surface area contributed by atoms with Crippen LogP contribution in [-0.4, -0.2) is 46.2 Å². The standard InChI is InChI=1S/C22H25NO6/c1-10(24)23-13-7-6-11-8-15(27-3)21(28-4)22(29-5)16(11)17-12-9-14(26-2)20(25)18(12)19(13)17/h8-9,12-13,18H,6-7H2,1-5H3,(H,23,24)/t12?,13-,18?/m0/s1. The lowest BCUT2D eigenvalue weighted by molar-refractivity contribution is -0.122. The minimum absolute atomic E-state index is 0.0329. The van der Waals surface area contributed by atoms with Gasteiger partial charge in [0.05, 0.1) is 40.4 Å². The van der Waals surface area contributed by atoms with E-state index in [1.807, 2.05) is 12.1 Å². The van der Waals surface area contributed by atoms with Crippen LogP contribution in [-0.2, 0) is 20.7 Å². The number of carbonyl (C=O) groups excluding carboxylic acids is 2. The Labute approximate surface area is 169 Å². The molecule has 0 spiro atoms. The van der Waals surface area contributed by atoms with Crippen molar-refractivity contribution < 1.29 is 28.5 Å². The number of benzene rings is 1. The average Bonchev–Trinajstić information content (AvgIpc) is 2.89. The molecule has 3 atom stereocenters. The van der Waals surface area contributed by atoms with Gasteiger partial charge in [-0.05, 0) is 41.7 Å². The van der Waals surface area contributed by atoms with Crippen LogP contribution in [0, 0.1) is 11.8 Å². The second kappa shape index (κ2) is 7.13. The molecule has 1 aromatic rings. The first-order chi connectivity index (χ1) is 14.0. The van der Waals surface area contributed by atoms with Gasteiger partial charge in [0.15, 0.2) is 17.3 Å². The lowest BCUT2D eigenvalue weighted by atomic mass is 9.64. The van der Waals surface area contributed by atoms with E-state index in [4.69, 9.17) is 18.9 Å². The maximum atomic E-state index is 12.9. The molecule has 0 saturated carbocycles. The first kappa shape index (κ1) is 19.4. The fraction of sp³-hybridized carbons (Fsp3) is 0.455. The number of aryl methyl sites for hydroxylation is 1. The SMILES string of the molecule is COC1=CC2C3=C(C2C1=O)[C@@H](NC(C)=O)CCc1cc(OC)c(OC)c(OC)c13. The maximum Gasteiger partial charge on any atom is 0.217 e. The summed E-state index contributed by atoms with van der Waals surface area (Å²) < 4.78 is 22.2. The second-order valence-corrected chi connectivity index (χ2v) is 7.44. The first-order valence-corrected chi connectivity index (χ1v) is 9.60. The third-order valence-corrected chi connectivity index (χ3v) is 6.05. The number of allylic oxidation sites excluding steroid dienone is 3. The molecule has 0 heterocycles. The summed E-state index contributed by atoms with van der Waals surface area (Å²) in [5.41, 5.74) is 3.93. The van der Waals surface area contributed by atoms with Crippen LogP contribution in [0.3, 0.4) is 0 Å². The van der Waals surface area contributed by atoms with E-state index < -0.39 is 0 Å². The number of carbonyl (C=O) groups is 2. The number of Topliss-reactive ketones (excluding diaryl/α,β-unsaturated/α-hetero) is 1. The lowest BCUT2D eigenvalue weighted by Gasteiger charge is -2.40. The third kappa shape index (κ3) is 2.71. The van der Waals surface area contributed by atoms with Gasteiger partial charge in [-0.15, -0.1) is 0 Å². The van der Waals surface area contributed by atoms with Crippen molar-refractivity contribution in [3.8, 4) is 17.2 Å². The van der Waals surface area contributed by atoms with Crippen LogP contribution in [0.1, 0.15) is 24.5 Å². The van der Waals surface area contributed by atoms with Crippen LogP contribution in [0.15, 0.2) is 23.5 Å². The van der Waals surface area contributed by atoms with E-state index in [-0.39, 0.29) is 29.6 Å². The first-order valence-electron chi connectivity index (χ1n) is 9.60. The van der Waals surface area contributed by atoms with E-state index in [2.05, 4.69) is 5.32 Å². The molecule has 1 aromatic carbocycles. The second-order valence-electron chi connectivity index (χ2n) is 7.44. The van der Waals surface area contributed by atoms with Crippen LogP contribution in [0.4, 0.5) is 0 Å². The molecule has 1 amide bonds. The molecule has 3 aliphatic carbocycles. The summed E-state index contributed by atoms with van der Waals surface area (Å²) in [5.74, 6) is 1.50. The van der Waals surface area contributed by atoms with Gasteiger partial charge < -0.3 is 24.3 Å². The number of rotatable bonds is 5. The normalized spacial score (nSPS) is 24.4. The number of hydrogen-bond donors (Lipinski definition) is 1. The summed E-state index contributed by atoms with van der Waals surface area (Å²) in [6, 6.07) is 1.74. The van der Waals surface area contributed by atoms with Gasteiger partial charge in [-0.3, -0.25) is 9.59 Å². The molecule has 1 N–H and O–H groups in total. The summed E-state index contributed by atoms with van der Waals surface area (Å²) >= 11 is 0. The van der Waals surface area contributed by atoms with Crippen LogP contribution in [0.25, 0.3) is 5.57 Å². The summed E-state index contributed by atoms with van der Waals surface area (Å²) in [7, 11) is 6.27. The third-order valence-electron chi connectivity index (χ3n) is 6.05. The Morgan fingerprint density at radius 3 is 2.38 bits per heavy atom. The fourth-order valence-corrected chi connectivity index (χ4v) is 4.94. The summed E-state index contributed by atoms with van der Waals surface area (Å²) in [6.07, 6.45) is 3.27. The largest absolute Gasteiger partial charge is 0.493 e. The van der Waals surface area contributed by atoms with E-state index >= 15 is 0 Å². The average molecular weight is 399 g/mol. The van der Waals surface area contributed by atoms with Gasteiger partial charge in [0.1, 0.15) is 0 Å². The molecule has 0 radical (unpaired) electrons. The lowest BCUT2D eigenvalue weighted by Crippen LogP contribution is -2.44. The van der Waals surface area contributed by atoms with Gasteiger partial charge in [-0.1, -0.05) is 0 Å². The molecule has 7 nitrogen and oxygen atoms in total. The number of fused-ring (bicyclic) bond motifs is 5. The van der Waals surface area contributed by atoms with Crippen LogP contribution in [0.5, 0.6) is 17.2 Å². The van der Waals surface area contributed by atoms with Crippen molar-refractivity contribution in [2.75, 3.05) is 28.4 Å². The van der Waals surface area contributed by atoms with Crippen molar-refractivity contribution in [2.45, 2.75) is 25.8 Å². The number of hydrogen-bond acceptors (Lipinski definition) is 6. The Morgan fingerprint density at radius 1 is 1.07 bits per heavy atom. The van der Waals surface area contributed by atoms with E-state index in [1.54, 1.807) is 21.3 Å². The maximum absolute atomic E-state index is 12.9. The number of amides is 1. The Morgan fingerprint density at radius 2 is 1.79 bits per heavy atom.